The highest BCUT2D eigenvalue weighted by Crippen LogP contribution is 2.40. The van der Waals surface area contributed by atoms with Crippen LogP contribution in [-0.4, -0.2) is 36.5 Å². The van der Waals surface area contributed by atoms with Gasteiger partial charge >= 0.3 is 5.97 Å². The van der Waals surface area contributed by atoms with Crippen molar-refractivity contribution in [2.45, 2.75) is 44.5 Å². The summed E-state index contributed by atoms with van der Waals surface area (Å²) in [5.41, 5.74) is 2.80. The smallest absolute Gasteiger partial charge is 0.338 e. The molecule has 0 N–H and O–H groups in total. The van der Waals surface area contributed by atoms with Crippen molar-refractivity contribution in [1.29, 1.82) is 0 Å². The Kier molecular flexibility index (Phi) is 3.37. The molecular weight excluding hydrogens is 266 g/mol. The van der Waals surface area contributed by atoms with Crippen LogP contribution >= 0.6 is 0 Å². The van der Waals surface area contributed by atoms with E-state index in [2.05, 4.69) is 0 Å². The first-order valence-electron chi connectivity index (χ1n) is 8.08. The van der Waals surface area contributed by atoms with E-state index < -0.39 is 6.40 Å². The summed E-state index contributed by atoms with van der Waals surface area (Å²) in [4.78, 5) is 25.6. The molecule has 0 aromatic heterocycles. The number of carbonyl (C=O) groups is 2. The highest BCUT2D eigenvalue weighted by atomic mass is 16.5. The fourth-order valence-corrected chi connectivity index (χ4v) is 3.45. The van der Waals surface area contributed by atoms with Crippen molar-refractivity contribution in [3.8, 4) is 0 Å². The molecule has 1 saturated heterocycles. The number of likely N-dealkylation sites (N-methyl/N-ethyl adjacent to an activating group) is 1. The van der Waals surface area contributed by atoms with Gasteiger partial charge in [0.2, 0.25) is 5.91 Å². The summed E-state index contributed by atoms with van der Waals surface area (Å²) in [6.45, 7) is 2.16. The highest BCUT2D eigenvalue weighted by molar-refractivity contribution is 5.89. The minimum absolute atomic E-state index is 0.0442. The molecule has 3 rings (SSSR count). The lowest BCUT2D eigenvalue weighted by Crippen LogP contribution is -2.47. The van der Waals surface area contributed by atoms with Crippen molar-refractivity contribution in [3.05, 3.63) is 34.9 Å². The number of amides is 1. The number of hydrogen-bond acceptors (Lipinski definition) is 3. The Morgan fingerprint density at radius 1 is 1.48 bits per heavy atom. The second-order valence-corrected chi connectivity index (χ2v) is 5.71. The molecule has 0 spiro atoms. The van der Waals surface area contributed by atoms with Crippen LogP contribution in [0, 0.1) is 0 Å². The molecule has 1 heterocycles. The van der Waals surface area contributed by atoms with Gasteiger partial charge in [-0.05, 0) is 49.4 Å². The quantitative estimate of drug-likeness (QED) is 0.786. The average molecular weight is 288 g/mol. The number of hydrogen-bond donors (Lipinski definition) is 0. The molecule has 3 unspecified atom stereocenters. The molecule has 1 amide bonds. The third-order valence-electron chi connectivity index (χ3n) is 4.57. The normalized spacial score (nSPS) is 28.5. The topological polar surface area (TPSA) is 46.6 Å². The van der Waals surface area contributed by atoms with E-state index in [1.165, 1.54) is 0 Å². The van der Waals surface area contributed by atoms with Gasteiger partial charge in [0.05, 0.1) is 12.2 Å². The predicted molar refractivity (Wildman–Crippen MR) is 79.3 cm³/mol. The average Bonchev–Trinajstić information content (AvgIpc) is 2.51. The molecule has 1 aromatic carbocycles. The first-order chi connectivity index (χ1) is 10.5. The molecule has 2 aliphatic rings. The fraction of sp³-hybridized carbons (Fsp3) is 0.529. The molecule has 112 valence electrons. The Labute approximate surface area is 126 Å². The first kappa shape index (κ1) is 12.9. The molecule has 1 fully saturated rings. The minimum Gasteiger partial charge on any atom is -0.462 e. The van der Waals surface area contributed by atoms with Crippen molar-refractivity contribution in [1.82, 2.24) is 4.90 Å². The summed E-state index contributed by atoms with van der Waals surface area (Å²) in [6.07, 6.45) is 1.55. The number of aryl methyl sites for hydroxylation is 1. The van der Waals surface area contributed by atoms with Gasteiger partial charge < -0.3 is 9.64 Å². The number of ether oxygens (including phenoxy) is 1. The van der Waals surface area contributed by atoms with Crippen LogP contribution in [0.25, 0.3) is 0 Å². The Morgan fingerprint density at radius 2 is 2.29 bits per heavy atom. The summed E-state index contributed by atoms with van der Waals surface area (Å²) >= 11 is 0. The zero-order chi connectivity index (χ0) is 15.9. The van der Waals surface area contributed by atoms with E-state index in [-0.39, 0.29) is 30.3 Å². The van der Waals surface area contributed by atoms with Crippen molar-refractivity contribution in [2.24, 2.45) is 0 Å². The van der Waals surface area contributed by atoms with Crippen LogP contribution in [0.4, 0.5) is 0 Å². The van der Waals surface area contributed by atoms with Crippen LogP contribution in [0.2, 0.25) is 0 Å². The molecule has 4 nitrogen and oxygen atoms in total. The maximum absolute atomic E-state index is 11.9. The lowest BCUT2D eigenvalue weighted by Gasteiger charge is -2.43. The van der Waals surface area contributed by atoms with E-state index in [0.29, 0.717) is 12.2 Å². The highest BCUT2D eigenvalue weighted by Gasteiger charge is 2.37. The zero-order valence-corrected chi connectivity index (χ0v) is 12.5. The van der Waals surface area contributed by atoms with Crippen molar-refractivity contribution >= 4 is 11.9 Å². The van der Waals surface area contributed by atoms with Gasteiger partial charge in [-0.1, -0.05) is 6.07 Å². The van der Waals surface area contributed by atoms with Crippen LogP contribution in [0.5, 0.6) is 0 Å². The van der Waals surface area contributed by atoms with Gasteiger partial charge in [-0.25, -0.2) is 4.79 Å². The molecular formula is C17H21NO3. The lowest BCUT2D eigenvalue weighted by molar-refractivity contribution is -0.135. The van der Waals surface area contributed by atoms with Gasteiger partial charge in [0.25, 0.3) is 0 Å². The number of likely N-dealkylation sites (tertiary alicyclic amines) is 1. The van der Waals surface area contributed by atoms with Crippen molar-refractivity contribution < 1.29 is 15.7 Å². The molecule has 3 atom stereocenters. The number of esters is 1. The fourth-order valence-electron chi connectivity index (χ4n) is 3.45. The van der Waals surface area contributed by atoms with E-state index in [4.69, 9.17) is 6.11 Å². The third-order valence-corrected chi connectivity index (χ3v) is 4.57. The van der Waals surface area contributed by atoms with Crippen LogP contribution in [0.3, 0.4) is 0 Å². The van der Waals surface area contributed by atoms with Crippen LogP contribution in [0.15, 0.2) is 18.2 Å². The second kappa shape index (κ2) is 5.51. The van der Waals surface area contributed by atoms with E-state index in [9.17, 15) is 9.59 Å². The summed E-state index contributed by atoms with van der Waals surface area (Å²) in [5, 5.41) is 0. The van der Waals surface area contributed by atoms with Crippen LogP contribution in [-0.2, 0) is 16.0 Å². The van der Waals surface area contributed by atoms with E-state index >= 15 is 0 Å². The molecule has 1 aromatic rings. The van der Waals surface area contributed by atoms with Crippen LogP contribution in [0.1, 0.15) is 54.9 Å². The zero-order valence-electron chi connectivity index (χ0n) is 13.5. The molecule has 0 radical (unpaired) electrons. The van der Waals surface area contributed by atoms with E-state index in [1.807, 2.05) is 19.2 Å². The SMILES string of the molecule is [2H]C1CC(=O)N(C)C2CCc3cc(C(=O)OCC)ccc3C12. The van der Waals surface area contributed by atoms with Gasteiger partial charge in [0.15, 0.2) is 0 Å². The molecule has 4 heteroatoms. The Hall–Kier alpha value is -1.84. The number of rotatable bonds is 2. The van der Waals surface area contributed by atoms with E-state index in [0.717, 1.165) is 24.0 Å². The number of nitrogens with zero attached hydrogens (tertiary/aromatic N) is 1. The van der Waals surface area contributed by atoms with E-state index in [1.54, 1.807) is 17.9 Å². The summed E-state index contributed by atoms with van der Waals surface area (Å²) in [7, 11) is 1.84. The van der Waals surface area contributed by atoms with Crippen molar-refractivity contribution in [2.75, 3.05) is 13.7 Å². The second-order valence-electron chi connectivity index (χ2n) is 5.71. The van der Waals surface area contributed by atoms with Crippen molar-refractivity contribution in [3.63, 3.8) is 0 Å². The molecule has 1 aliphatic heterocycles. The van der Waals surface area contributed by atoms with Gasteiger partial charge in [0, 0.05) is 26.8 Å². The summed E-state index contributed by atoms with van der Waals surface area (Å²) in [6, 6.07) is 5.73. The maximum atomic E-state index is 11.9. The standard InChI is InChI=1S/C17H21NO3/c1-3-21-17(20)12-4-6-13-11(10-12)5-8-15-14(13)7-9-16(19)18(15)2/h4,6,10,14-15H,3,5,7-9H2,1-2H3/i7D. The Bertz CT molecular complexity index is 616. The van der Waals surface area contributed by atoms with Gasteiger partial charge in [0.1, 0.15) is 0 Å². The molecule has 0 saturated carbocycles. The Balaban J connectivity index is 1.94. The molecule has 1 aliphatic carbocycles. The number of carbonyl (C=O) groups excluding carboxylic acids is 2. The summed E-state index contributed by atoms with van der Waals surface area (Å²) in [5.74, 6) is -0.193. The first-order valence-corrected chi connectivity index (χ1v) is 7.50. The Morgan fingerprint density at radius 3 is 3.05 bits per heavy atom. The third kappa shape index (κ3) is 2.43. The van der Waals surface area contributed by atoms with Gasteiger partial charge in [-0.15, -0.1) is 0 Å². The monoisotopic (exact) mass is 288 g/mol. The lowest BCUT2D eigenvalue weighted by atomic mass is 9.74. The maximum Gasteiger partial charge on any atom is 0.338 e. The largest absolute Gasteiger partial charge is 0.462 e. The molecule has 0 bridgehead atoms. The predicted octanol–water partition coefficient (Wildman–Crippen LogP) is 2.51. The minimum atomic E-state index is -0.402. The number of benzene rings is 1. The van der Waals surface area contributed by atoms with Gasteiger partial charge in [-0.2, -0.15) is 0 Å². The number of fused-ring (bicyclic) bond motifs is 3. The molecule has 21 heavy (non-hydrogen) atoms. The van der Waals surface area contributed by atoms with Gasteiger partial charge in [-0.3, -0.25) is 4.79 Å². The van der Waals surface area contributed by atoms with Crippen LogP contribution < -0.4 is 0 Å². The number of piperidine rings is 1. The summed E-state index contributed by atoms with van der Waals surface area (Å²) < 4.78 is 13.4.